The van der Waals surface area contributed by atoms with Crippen LogP contribution in [0.1, 0.15) is 40.0 Å². The molecule has 0 aromatic carbocycles. The number of nitrogens with zero attached hydrogens (tertiary/aromatic N) is 1. The first-order valence-electron chi connectivity index (χ1n) is 5.73. The van der Waals surface area contributed by atoms with Crippen molar-refractivity contribution in [1.82, 2.24) is 4.90 Å². The van der Waals surface area contributed by atoms with E-state index in [4.69, 9.17) is 4.74 Å². The van der Waals surface area contributed by atoms with Crippen molar-refractivity contribution in [2.45, 2.75) is 51.7 Å². The molecule has 1 aliphatic carbocycles. The van der Waals surface area contributed by atoms with E-state index in [1.165, 1.54) is 4.90 Å². The van der Waals surface area contributed by atoms with Crippen LogP contribution in [0.2, 0.25) is 0 Å². The molecule has 0 N–H and O–H groups in total. The number of carbonyl (C=O) groups excluding carboxylic acids is 2. The van der Waals surface area contributed by atoms with Gasteiger partial charge < -0.3 is 4.74 Å². The van der Waals surface area contributed by atoms with Gasteiger partial charge in [-0.2, -0.15) is 0 Å². The molecular weight excluding hydrogens is 206 g/mol. The van der Waals surface area contributed by atoms with E-state index in [-0.39, 0.29) is 11.5 Å². The summed E-state index contributed by atoms with van der Waals surface area (Å²) >= 11 is 0. The van der Waals surface area contributed by atoms with E-state index < -0.39 is 11.6 Å². The fourth-order valence-electron chi connectivity index (χ4n) is 2.21. The van der Waals surface area contributed by atoms with Gasteiger partial charge in [-0.1, -0.05) is 0 Å². The Morgan fingerprint density at radius 3 is 2.50 bits per heavy atom. The molecule has 1 saturated heterocycles. The summed E-state index contributed by atoms with van der Waals surface area (Å²) in [5.41, 5.74) is -0.303. The Hall–Kier alpha value is -1.06. The average Bonchev–Trinajstić information content (AvgIpc) is 2.75. The van der Waals surface area contributed by atoms with Gasteiger partial charge in [-0.05, 0) is 45.4 Å². The second-order valence-corrected chi connectivity index (χ2v) is 5.95. The quantitative estimate of drug-likeness (QED) is 0.683. The average molecular weight is 224 g/mol. The zero-order valence-electron chi connectivity index (χ0n) is 10.1. The third-order valence-electron chi connectivity index (χ3n) is 3.23. The largest absolute Gasteiger partial charge is 0.444 e. The van der Waals surface area contributed by atoms with Gasteiger partial charge in [0.2, 0.25) is 6.29 Å². The van der Waals surface area contributed by atoms with E-state index in [1.54, 1.807) is 0 Å². The van der Waals surface area contributed by atoms with Crippen molar-refractivity contribution in [3.8, 4) is 0 Å². The van der Waals surface area contributed by atoms with Crippen LogP contribution in [-0.4, -0.2) is 35.5 Å². The Labute approximate surface area is 95.9 Å². The molecule has 0 unspecified atom stereocenters. The molecule has 0 aromatic rings. The van der Waals surface area contributed by atoms with Crippen molar-refractivity contribution in [3.05, 3.63) is 0 Å². The van der Waals surface area contributed by atoms with Gasteiger partial charge in [-0.25, -0.2) is 4.79 Å². The molecule has 1 heterocycles. The highest BCUT2D eigenvalue weighted by atomic mass is 16.6. The normalized spacial score (nSPS) is 26.9. The van der Waals surface area contributed by atoms with Crippen molar-refractivity contribution in [2.75, 3.05) is 6.54 Å². The van der Waals surface area contributed by atoms with E-state index >= 15 is 0 Å². The molecule has 16 heavy (non-hydrogen) atoms. The van der Waals surface area contributed by atoms with Crippen molar-refractivity contribution in [3.63, 3.8) is 0 Å². The van der Waals surface area contributed by atoms with Crippen LogP contribution in [0, 0.1) is 5.41 Å². The summed E-state index contributed by atoms with van der Waals surface area (Å²) in [6.45, 7) is 6.14. The van der Waals surface area contributed by atoms with E-state index in [0.717, 1.165) is 19.3 Å². The molecule has 1 amide bonds. The molecule has 1 radical (unpaired) electrons. The maximum Gasteiger partial charge on any atom is 0.410 e. The third kappa shape index (κ3) is 2.20. The first-order valence-corrected chi connectivity index (χ1v) is 5.73. The lowest BCUT2D eigenvalue weighted by Gasteiger charge is -2.26. The van der Waals surface area contributed by atoms with Crippen molar-refractivity contribution >= 4 is 12.4 Å². The van der Waals surface area contributed by atoms with Gasteiger partial charge in [-0.15, -0.1) is 0 Å². The zero-order valence-corrected chi connectivity index (χ0v) is 10.1. The highest BCUT2D eigenvalue weighted by Gasteiger charge is 2.54. The molecule has 1 aliphatic heterocycles. The molecule has 1 saturated carbocycles. The minimum Gasteiger partial charge on any atom is -0.444 e. The summed E-state index contributed by atoms with van der Waals surface area (Å²) in [6, 6.07) is -0.405. The molecule has 1 atom stereocenters. The molecular formula is C12H18NO3. The van der Waals surface area contributed by atoms with Gasteiger partial charge in [0.1, 0.15) is 11.6 Å². The lowest BCUT2D eigenvalue weighted by molar-refractivity contribution is 0.0256. The number of ether oxygens (including phenoxy) is 1. The predicted octanol–water partition coefficient (Wildman–Crippen LogP) is 1.89. The molecule has 89 valence electrons. The molecule has 2 aliphatic rings. The third-order valence-corrected chi connectivity index (χ3v) is 3.23. The fourth-order valence-corrected chi connectivity index (χ4v) is 2.21. The molecule has 2 fully saturated rings. The molecule has 2 rings (SSSR count). The Balaban J connectivity index is 2.02. The van der Waals surface area contributed by atoms with Crippen LogP contribution in [0.15, 0.2) is 0 Å². The van der Waals surface area contributed by atoms with Gasteiger partial charge >= 0.3 is 6.09 Å². The molecule has 0 bridgehead atoms. The highest BCUT2D eigenvalue weighted by molar-refractivity contribution is 5.75. The minimum absolute atomic E-state index is 0.207. The van der Waals surface area contributed by atoms with Crippen LogP contribution in [0.4, 0.5) is 4.79 Å². The maximum atomic E-state index is 11.9. The Morgan fingerprint density at radius 2 is 2.06 bits per heavy atom. The summed E-state index contributed by atoms with van der Waals surface area (Å²) in [7, 11) is 0. The van der Waals surface area contributed by atoms with Crippen molar-refractivity contribution in [2.24, 2.45) is 5.41 Å². The summed E-state index contributed by atoms with van der Waals surface area (Å²) in [5, 5.41) is 0. The number of rotatable bonds is 1. The Bertz CT molecular complexity index is 315. The summed E-state index contributed by atoms with van der Waals surface area (Å²) < 4.78 is 5.28. The smallest absolute Gasteiger partial charge is 0.410 e. The van der Waals surface area contributed by atoms with E-state index in [0.29, 0.717) is 6.54 Å². The number of amides is 1. The second kappa shape index (κ2) is 3.47. The topological polar surface area (TPSA) is 46.6 Å². The van der Waals surface area contributed by atoms with Crippen molar-refractivity contribution in [1.29, 1.82) is 0 Å². The standard InChI is InChI=1S/C12H18NO3/c1-11(2,3)16-10(15)13-8-12(4-5-12)6-9(13)7-14/h9H,4-6,8H2,1-3H3/t9-/m0/s1. The van der Waals surface area contributed by atoms with E-state index in [2.05, 4.69) is 0 Å². The summed E-state index contributed by atoms with van der Waals surface area (Å²) in [6.07, 6.45) is 4.56. The maximum absolute atomic E-state index is 11.9. The SMILES string of the molecule is CC(C)(C)OC(=O)N1CC2(CC2)C[C@H]1[C]=O. The van der Waals surface area contributed by atoms with E-state index in [9.17, 15) is 9.59 Å². The van der Waals surface area contributed by atoms with Gasteiger partial charge in [-0.3, -0.25) is 9.69 Å². The molecule has 1 spiro atoms. The molecule has 4 heteroatoms. The number of likely N-dealkylation sites (tertiary alicyclic amines) is 1. The number of hydrogen-bond donors (Lipinski definition) is 0. The molecule has 4 nitrogen and oxygen atoms in total. The predicted molar refractivity (Wildman–Crippen MR) is 58.7 cm³/mol. The second-order valence-electron chi connectivity index (χ2n) is 5.95. The van der Waals surface area contributed by atoms with Crippen molar-refractivity contribution < 1.29 is 14.3 Å². The lowest BCUT2D eigenvalue weighted by atomic mass is 10.0. The van der Waals surface area contributed by atoms with Crippen LogP contribution in [0.25, 0.3) is 0 Å². The Morgan fingerprint density at radius 1 is 1.44 bits per heavy atom. The number of carbonyl (C=O) groups is 1. The first kappa shape index (κ1) is 11.4. The van der Waals surface area contributed by atoms with Gasteiger partial charge in [0, 0.05) is 6.54 Å². The summed E-state index contributed by atoms with van der Waals surface area (Å²) in [5.74, 6) is 0. The minimum atomic E-state index is -0.510. The Kier molecular flexibility index (Phi) is 2.48. The molecule has 0 aromatic heterocycles. The van der Waals surface area contributed by atoms with Crippen LogP contribution in [0.5, 0.6) is 0 Å². The van der Waals surface area contributed by atoms with Crippen LogP contribution in [-0.2, 0) is 9.53 Å². The van der Waals surface area contributed by atoms with Crippen LogP contribution < -0.4 is 0 Å². The highest BCUT2D eigenvalue weighted by Crippen LogP contribution is 2.54. The first-order chi connectivity index (χ1) is 7.35. The lowest BCUT2D eigenvalue weighted by Crippen LogP contribution is -2.40. The van der Waals surface area contributed by atoms with Gasteiger partial charge in [0.25, 0.3) is 0 Å². The van der Waals surface area contributed by atoms with Crippen LogP contribution in [0.3, 0.4) is 0 Å². The van der Waals surface area contributed by atoms with Crippen LogP contribution >= 0.6 is 0 Å². The fraction of sp³-hybridized carbons (Fsp3) is 0.833. The summed E-state index contributed by atoms with van der Waals surface area (Å²) in [4.78, 5) is 24.2. The van der Waals surface area contributed by atoms with Gasteiger partial charge in [0.05, 0.1) is 0 Å². The van der Waals surface area contributed by atoms with Gasteiger partial charge in [0.15, 0.2) is 0 Å². The number of hydrogen-bond acceptors (Lipinski definition) is 3. The monoisotopic (exact) mass is 224 g/mol. The zero-order chi connectivity index (χ0) is 12.0. The van der Waals surface area contributed by atoms with E-state index in [1.807, 2.05) is 27.1 Å².